The number of nitrogens with one attached hydrogen (secondary N) is 1. The zero-order valence-electron chi connectivity index (χ0n) is 18.1. The number of fused-ring (bicyclic) bond motifs is 1. The van der Waals surface area contributed by atoms with Crippen LogP contribution in [0.2, 0.25) is 5.02 Å². The molecule has 2 heterocycles. The number of piperazine rings is 1. The predicted molar refractivity (Wildman–Crippen MR) is 121 cm³/mol. The molecule has 1 unspecified atom stereocenters. The number of hydroxylamine groups is 2. The molecule has 10 heteroatoms. The van der Waals surface area contributed by atoms with Crippen LogP contribution in [0.5, 0.6) is 0 Å². The minimum atomic E-state index is -0.756. The van der Waals surface area contributed by atoms with Crippen LogP contribution < -0.4 is 5.76 Å². The van der Waals surface area contributed by atoms with Crippen molar-refractivity contribution in [2.45, 2.75) is 13.5 Å². The molecule has 2 aromatic carbocycles. The second-order valence-electron chi connectivity index (χ2n) is 7.98. The number of carbonyl (C=O) groups excluding carboxylic acids is 2. The van der Waals surface area contributed by atoms with E-state index in [-0.39, 0.29) is 18.3 Å². The first-order valence-electron chi connectivity index (χ1n) is 10.6. The Kier molecular flexibility index (Phi) is 7.12. The Hall–Kier alpha value is -3.14. The molecule has 3 aromatic rings. The lowest BCUT2D eigenvalue weighted by Crippen LogP contribution is -2.48. The fourth-order valence-corrected chi connectivity index (χ4v) is 3.84. The molecule has 0 amide bonds. The number of ether oxygens (including phenoxy) is 1. The molecule has 0 spiro atoms. The molecule has 1 aliphatic heterocycles. The van der Waals surface area contributed by atoms with Crippen molar-refractivity contribution in [3.05, 3.63) is 69.2 Å². The minimum absolute atomic E-state index is 0.0230. The molecule has 9 nitrogen and oxygen atoms in total. The van der Waals surface area contributed by atoms with E-state index in [0.29, 0.717) is 54.4 Å². The van der Waals surface area contributed by atoms with Crippen LogP contribution in [-0.4, -0.2) is 59.6 Å². The summed E-state index contributed by atoms with van der Waals surface area (Å²) in [7, 11) is 0. The molecule has 0 saturated carbocycles. The molecular weight excluding hydrogens is 450 g/mol. The van der Waals surface area contributed by atoms with E-state index >= 15 is 0 Å². The predicted octanol–water partition coefficient (Wildman–Crippen LogP) is 3.48. The van der Waals surface area contributed by atoms with Gasteiger partial charge in [-0.1, -0.05) is 30.7 Å². The molecule has 0 radical (unpaired) electrons. The number of benzene rings is 2. The van der Waals surface area contributed by atoms with Gasteiger partial charge >= 0.3 is 11.9 Å². The molecule has 1 saturated heterocycles. The Labute approximate surface area is 194 Å². The number of hydrogen-bond acceptors (Lipinski definition) is 8. The summed E-state index contributed by atoms with van der Waals surface area (Å²) < 4.78 is 10.2. The maximum absolute atomic E-state index is 12.8. The Morgan fingerprint density at radius 3 is 2.58 bits per heavy atom. The third-order valence-electron chi connectivity index (χ3n) is 5.49. The Balaban J connectivity index is 1.21. The molecule has 0 bridgehead atoms. The van der Waals surface area contributed by atoms with Gasteiger partial charge in [-0.3, -0.25) is 14.7 Å². The van der Waals surface area contributed by atoms with Crippen molar-refractivity contribution < 1.29 is 23.6 Å². The first-order chi connectivity index (χ1) is 15.9. The lowest BCUT2D eigenvalue weighted by molar-refractivity contribution is -0.147. The van der Waals surface area contributed by atoms with E-state index in [1.54, 1.807) is 47.5 Å². The fourth-order valence-electron chi connectivity index (χ4n) is 3.71. The number of halogens is 1. The van der Waals surface area contributed by atoms with Gasteiger partial charge in [0.05, 0.1) is 5.52 Å². The number of oxazole rings is 1. The molecule has 174 valence electrons. The van der Waals surface area contributed by atoms with Crippen LogP contribution >= 0.6 is 11.6 Å². The number of Topliss-reactive ketones (excluding diaryl/α,β-unsaturated/α-hetero) is 1. The molecule has 1 aromatic heterocycles. The lowest BCUT2D eigenvalue weighted by Gasteiger charge is -2.34. The largest absolute Gasteiger partial charge is 0.528 e. The lowest BCUT2D eigenvalue weighted by atomic mass is 9.98. The van der Waals surface area contributed by atoms with Gasteiger partial charge in [-0.2, -0.15) is 0 Å². The summed E-state index contributed by atoms with van der Waals surface area (Å²) in [5.74, 6) is -0.813. The zero-order valence-corrected chi connectivity index (χ0v) is 18.8. The number of ketones is 1. The smallest absolute Gasteiger partial charge is 0.428 e. The van der Waals surface area contributed by atoms with Crippen molar-refractivity contribution in [1.82, 2.24) is 14.9 Å². The highest BCUT2D eigenvalue weighted by Crippen LogP contribution is 2.17. The number of aromatic amines is 1. The topological polar surface area (TPSA) is 105 Å². The molecule has 1 N–H and O–H groups in total. The molecule has 1 fully saturated rings. The highest BCUT2D eigenvalue weighted by atomic mass is 35.5. The highest BCUT2D eigenvalue weighted by molar-refractivity contribution is 6.30. The Morgan fingerprint density at radius 2 is 1.85 bits per heavy atom. The summed E-state index contributed by atoms with van der Waals surface area (Å²) in [6.07, 6.45) is -0.756. The maximum atomic E-state index is 12.8. The number of carbonyl (C=O) groups is 2. The Bertz CT molecular complexity index is 1180. The van der Waals surface area contributed by atoms with Gasteiger partial charge in [-0.25, -0.2) is 9.59 Å². The monoisotopic (exact) mass is 473 g/mol. The summed E-state index contributed by atoms with van der Waals surface area (Å²) in [5.41, 5.74) is 2.25. The van der Waals surface area contributed by atoms with E-state index in [1.165, 1.54) is 0 Å². The Morgan fingerprint density at radius 1 is 1.12 bits per heavy atom. The van der Waals surface area contributed by atoms with Gasteiger partial charge < -0.3 is 14.0 Å². The van der Waals surface area contributed by atoms with Crippen LogP contribution in [0, 0.1) is 5.92 Å². The normalized spacial score (nSPS) is 15.9. The van der Waals surface area contributed by atoms with E-state index in [0.717, 1.165) is 5.56 Å². The average Bonchev–Trinajstić information content (AvgIpc) is 3.18. The molecule has 1 aliphatic rings. The van der Waals surface area contributed by atoms with Gasteiger partial charge in [-0.05, 0) is 35.9 Å². The van der Waals surface area contributed by atoms with Crippen LogP contribution in [0.4, 0.5) is 4.79 Å². The van der Waals surface area contributed by atoms with Gasteiger partial charge in [0.2, 0.25) is 0 Å². The average molecular weight is 474 g/mol. The third-order valence-corrected chi connectivity index (χ3v) is 5.74. The third kappa shape index (κ3) is 6.01. The van der Waals surface area contributed by atoms with Gasteiger partial charge in [0.15, 0.2) is 11.4 Å². The summed E-state index contributed by atoms with van der Waals surface area (Å²) in [4.78, 5) is 46.1. The number of hydrogen-bond donors (Lipinski definition) is 1. The van der Waals surface area contributed by atoms with Gasteiger partial charge in [0.25, 0.3) is 0 Å². The number of nitrogens with zero attached hydrogens (tertiary/aromatic N) is 2. The molecule has 0 aliphatic carbocycles. The van der Waals surface area contributed by atoms with Crippen LogP contribution in [-0.2, 0) is 16.2 Å². The van der Waals surface area contributed by atoms with E-state index in [2.05, 4.69) is 9.88 Å². The number of aromatic nitrogens is 1. The SMILES string of the molecule is CC(CN1CCN(OC(=O)OCc2ccc(Cl)cc2)CC1)C(=O)c1ccc2[nH]c(=O)oc2c1. The van der Waals surface area contributed by atoms with Gasteiger partial charge in [0, 0.05) is 49.2 Å². The molecule has 1 atom stereocenters. The number of H-pyrrole nitrogens is 1. The second-order valence-corrected chi connectivity index (χ2v) is 8.41. The van der Waals surface area contributed by atoms with Crippen molar-refractivity contribution in [2.24, 2.45) is 5.92 Å². The molecular formula is C23H24ClN3O6. The summed E-state index contributed by atoms with van der Waals surface area (Å²) >= 11 is 5.84. The van der Waals surface area contributed by atoms with Crippen molar-refractivity contribution in [3.8, 4) is 0 Å². The van der Waals surface area contributed by atoms with Gasteiger partial charge in [0.1, 0.15) is 6.61 Å². The minimum Gasteiger partial charge on any atom is -0.428 e. The van der Waals surface area contributed by atoms with Gasteiger partial charge in [-0.15, -0.1) is 5.06 Å². The van der Waals surface area contributed by atoms with E-state index in [9.17, 15) is 14.4 Å². The van der Waals surface area contributed by atoms with E-state index in [4.69, 9.17) is 25.6 Å². The fraction of sp³-hybridized carbons (Fsp3) is 0.348. The zero-order chi connectivity index (χ0) is 23.4. The van der Waals surface area contributed by atoms with Crippen molar-refractivity contribution in [3.63, 3.8) is 0 Å². The van der Waals surface area contributed by atoms with Crippen LogP contribution in [0.25, 0.3) is 11.1 Å². The maximum Gasteiger partial charge on any atom is 0.528 e. The first-order valence-corrected chi connectivity index (χ1v) is 11.0. The summed E-state index contributed by atoms with van der Waals surface area (Å²) in [6, 6.07) is 12.0. The molecule has 33 heavy (non-hydrogen) atoms. The summed E-state index contributed by atoms with van der Waals surface area (Å²) in [6.45, 7) is 4.86. The quantitative estimate of drug-likeness (QED) is 0.410. The second kappa shape index (κ2) is 10.2. The number of rotatable bonds is 7. The van der Waals surface area contributed by atoms with E-state index in [1.807, 2.05) is 6.92 Å². The van der Waals surface area contributed by atoms with Crippen molar-refractivity contribution in [1.29, 1.82) is 0 Å². The van der Waals surface area contributed by atoms with Crippen molar-refractivity contribution in [2.75, 3.05) is 32.7 Å². The van der Waals surface area contributed by atoms with Crippen LogP contribution in [0.3, 0.4) is 0 Å². The molecule has 4 rings (SSSR count). The standard InChI is InChI=1S/C23H24ClN3O6/c1-15(21(28)17-4-7-19-20(12-17)32-22(29)25-19)13-26-8-10-27(11-9-26)33-23(30)31-14-16-2-5-18(24)6-3-16/h2-7,12,15H,8-11,13-14H2,1H3,(H,25,29). The van der Waals surface area contributed by atoms with Crippen LogP contribution in [0.1, 0.15) is 22.8 Å². The first kappa shape index (κ1) is 23.0. The highest BCUT2D eigenvalue weighted by Gasteiger charge is 2.25. The van der Waals surface area contributed by atoms with E-state index < -0.39 is 11.9 Å². The van der Waals surface area contributed by atoms with Crippen molar-refractivity contribution >= 4 is 34.6 Å². The summed E-state index contributed by atoms with van der Waals surface area (Å²) in [5, 5.41) is 2.18. The van der Waals surface area contributed by atoms with Crippen LogP contribution in [0.15, 0.2) is 51.7 Å².